The second kappa shape index (κ2) is 11.1. The maximum absolute atomic E-state index is 13.9. The number of rotatable bonds is 8. The predicted molar refractivity (Wildman–Crippen MR) is 156 cm³/mol. The molecule has 0 atom stereocenters. The number of para-hydroxylation sites is 1. The van der Waals surface area contributed by atoms with E-state index in [2.05, 4.69) is 21.2 Å². The molecule has 10 nitrogen and oxygen atoms in total. The van der Waals surface area contributed by atoms with Crippen molar-refractivity contribution in [2.75, 3.05) is 31.2 Å². The number of aryl methyl sites for hydroxylation is 3. The van der Waals surface area contributed by atoms with Crippen molar-refractivity contribution in [2.45, 2.75) is 33.7 Å². The van der Waals surface area contributed by atoms with Gasteiger partial charge in [0.15, 0.2) is 0 Å². The van der Waals surface area contributed by atoms with Crippen molar-refractivity contribution >= 4 is 28.3 Å². The molecule has 210 valence electrons. The molecule has 10 heteroatoms. The first-order valence-corrected chi connectivity index (χ1v) is 13.9. The fraction of sp³-hybridized carbons (Fsp3) is 0.323. The van der Waals surface area contributed by atoms with Crippen molar-refractivity contribution in [3.8, 4) is 11.1 Å². The first kappa shape index (κ1) is 26.6. The van der Waals surface area contributed by atoms with Crippen LogP contribution in [0.25, 0.3) is 22.0 Å². The highest BCUT2D eigenvalue weighted by molar-refractivity contribution is 5.99. The molecule has 3 aromatic heterocycles. The summed E-state index contributed by atoms with van der Waals surface area (Å²) in [5.41, 5.74) is 6.56. The molecule has 0 N–H and O–H groups in total. The molecule has 5 aromatic rings. The summed E-state index contributed by atoms with van der Waals surface area (Å²) in [6.07, 6.45) is 2.58. The number of aromatic nitrogens is 5. The number of ether oxygens (including phenoxy) is 1. The fourth-order valence-corrected chi connectivity index (χ4v) is 5.53. The van der Waals surface area contributed by atoms with Crippen LogP contribution < -0.4 is 4.90 Å². The lowest BCUT2D eigenvalue weighted by Gasteiger charge is -2.28. The van der Waals surface area contributed by atoms with E-state index in [9.17, 15) is 4.79 Å². The van der Waals surface area contributed by atoms with Crippen molar-refractivity contribution in [1.29, 1.82) is 0 Å². The van der Waals surface area contributed by atoms with Crippen LogP contribution in [0.2, 0.25) is 0 Å². The summed E-state index contributed by atoms with van der Waals surface area (Å²) in [7, 11) is 1.94. The lowest BCUT2D eigenvalue weighted by atomic mass is 10.0. The monoisotopic (exact) mass is 551 g/mol. The average Bonchev–Trinajstić information content (AvgIpc) is 3.54. The van der Waals surface area contributed by atoms with Gasteiger partial charge in [-0.2, -0.15) is 5.10 Å². The molecule has 6 rings (SSSR count). The third-order valence-corrected chi connectivity index (χ3v) is 7.59. The number of anilines is 2. The van der Waals surface area contributed by atoms with E-state index in [1.165, 1.54) is 0 Å². The molecule has 0 aliphatic carbocycles. The van der Waals surface area contributed by atoms with Gasteiger partial charge < -0.3 is 19.1 Å². The maximum atomic E-state index is 13.9. The largest absolute Gasteiger partial charge is 0.380 e. The van der Waals surface area contributed by atoms with E-state index >= 15 is 0 Å². The highest BCUT2D eigenvalue weighted by atomic mass is 16.5. The summed E-state index contributed by atoms with van der Waals surface area (Å²) < 4.78 is 13.1. The molecule has 0 spiro atoms. The van der Waals surface area contributed by atoms with Crippen molar-refractivity contribution in [2.24, 2.45) is 7.05 Å². The average molecular weight is 552 g/mol. The Kier molecular flexibility index (Phi) is 7.23. The van der Waals surface area contributed by atoms with E-state index in [1.807, 2.05) is 81.2 Å². The van der Waals surface area contributed by atoms with Gasteiger partial charge in [-0.15, -0.1) is 0 Å². The molecule has 0 saturated heterocycles. The molecule has 41 heavy (non-hydrogen) atoms. The zero-order valence-electron chi connectivity index (χ0n) is 23.8. The third kappa shape index (κ3) is 5.06. The first-order valence-electron chi connectivity index (χ1n) is 13.9. The number of carbonyl (C=O) groups excluding carboxylic acids is 1. The zero-order valence-corrected chi connectivity index (χ0v) is 23.8. The van der Waals surface area contributed by atoms with Crippen LogP contribution in [0.1, 0.15) is 40.3 Å². The van der Waals surface area contributed by atoms with Gasteiger partial charge in [0.05, 0.1) is 24.0 Å². The third-order valence-electron chi connectivity index (χ3n) is 7.59. The first-order chi connectivity index (χ1) is 19.9. The van der Waals surface area contributed by atoms with Crippen LogP contribution in [-0.4, -0.2) is 62.0 Å². The molecule has 1 aliphatic rings. The molecule has 0 bridgehead atoms. The molecular weight excluding hydrogens is 518 g/mol. The Morgan fingerprint density at radius 1 is 1.12 bits per heavy atom. The summed E-state index contributed by atoms with van der Waals surface area (Å²) in [5.74, 6) is 1.36. The van der Waals surface area contributed by atoms with Gasteiger partial charge in [-0.1, -0.05) is 29.4 Å². The van der Waals surface area contributed by atoms with Crippen molar-refractivity contribution < 1.29 is 14.1 Å². The molecule has 0 fully saturated rings. The number of fused-ring (bicyclic) bond motifs is 2. The molecule has 1 aliphatic heterocycles. The van der Waals surface area contributed by atoms with Crippen LogP contribution >= 0.6 is 0 Å². The topological polar surface area (TPSA) is 102 Å². The van der Waals surface area contributed by atoms with Gasteiger partial charge >= 0.3 is 0 Å². The minimum atomic E-state index is -0.199. The van der Waals surface area contributed by atoms with E-state index in [1.54, 1.807) is 4.90 Å². The van der Waals surface area contributed by atoms with Crippen LogP contribution in [-0.2, 0) is 24.8 Å². The normalized spacial score (nSPS) is 13.0. The maximum Gasteiger partial charge on any atom is 0.292 e. The summed E-state index contributed by atoms with van der Waals surface area (Å²) in [6.45, 7) is 8.54. The van der Waals surface area contributed by atoms with Crippen LogP contribution in [0.4, 0.5) is 11.5 Å². The van der Waals surface area contributed by atoms with Crippen LogP contribution in [0.15, 0.2) is 59.3 Å². The summed E-state index contributed by atoms with van der Waals surface area (Å²) in [5, 5.41) is 9.34. The number of benzene rings is 2. The fourth-order valence-electron chi connectivity index (χ4n) is 5.53. The Morgan fingerprint density at radius 2 is 1.95 bits per heavy atom. The van der Waals surface area contributed by atoms with E-state index < -0.39 is 0 Å². The quantitative estimate of drug-likeness (QED) is 0.248. The molecule has 0 saturated carbocycles. The van der Waals surface area contributed by atoms with Gasteiger partial charge in [-0.3, -0.25) is 9.48 Å². The van der Waals surface area contributed by atoms with Gasteiger partial charge in [0.2, 0.25) is 5.82 Å². The highest BCUT2D eigenvalue weighted by Gasteiger charge is 2.28. The molecular formula is C31H33N7O3. The van der Waals surface area contributed by atoms with Gasteiger partial charge in [-0.05, 0) is 50.6 Å². The van der Waals surface area contributed by atoms with E-state index in [0.29, 0.717) is 44.2 Å². The van der Waals surface area contributed by atoms with Crippen molar-refractivity contribution in [3.05, 3.63) is 83.3 Å². The number of carbonyl (C=O) groups is 1. The van der Waals surface area contributed by atoms with E-state index in [0.717, 1.165) is 51.3 Å². The number of nitrogens with zero attached hydrogens (tertiary/aromatic N) is 7. The highest BCUT2D eigenvalue weighted by Crippen LogP contribution is 2.35. The lowest BCUT2D eigenvalue weighted by Crippen LogP contribution is -2.37. The molecule has 4 heterocycles. The number of hydrogen-bond acceptors (Lipinski definition) is 8. The summed E-state index contributed by atoms with van der Waals surface area (Å²) in [6, 6.07) is 16.0. The summed E-state index contributed by atoms with van der Waals surface area (Å²) >= 11 is 0. The van der Waals surface area contributed by atoms with E-state index in [4.69, 9.17) is 19.2 Å². The number of amides is 1. The SMILES string of the molecule is CCOCCN(c1ccccc1)c1nc(C(=O)N2CCc3c(cnn3C)C2)nc2ccc(-c3c(C)noc3C)cc12. The van der Waals surface area contributed by atoms with Crippen molar-refractivity contribution in [1.82, 2.24) is 29.8 Å². The van der Waals surface area contributed by atoms with Gasteiger partial charge in [0, 0.05) is 67.6 Å². The molecule has 0 unspecified atom stereocenters. The minimum Gasteiger partial charge on any atom is -0.380 e. The molecule has 2 aromatic carbocycles. The van der Waals surface area contributed by atoms with Crippen LogP contribution in [0.3, 0.4) is 0 Å². The van der Waals surface area contributed by atoms with Gasteiger partial charge in [-0.25, -0.2) is 9.97 Å². The zero-order chi connectivity index (χ0) is 28.5. The second-order valence-corrected chi connectivity index (χ2v) is 10.2. The Balaban J connectivity index is 1.48. The van der Waals surface area contributed by atoms with Gasteiger partial charge in [0.25, 0.3) is 5.91 Å². The predicted octanol–water partition coefficient (Wildman–Crippen LogP) is 5.01. The van der Waals surface area contributed by atoms with Crippen molar-refractivity contribution in [3.63, 3.8) is 0 Å². The Bertz CT molecular complexity index is 1690. The second-order valence-electron chi connectivity index (χ2n) is 10.2. The number of hydrogen-bond donors (Lipinski definition) is 0. The van der Waals surface area contributed by atoms with Gasteiger partial charge in [0.1, 0.15) is 11.6 Å². The lowest BCUT2D eigenvalue weighted by molar-refractivity contribution is 0.0721. The van der Waals surface area contributed by atoms with E-state index in [-0.39, 0.29) is 11.7 Å². The Hall–Kier alpha value is -4.57. The van der Waals surface area contributed by atoms with Crippen LogP contribution in [0.5, 0.6) is 0 Å². The summed E-state index contributed by atoms with van der Waals surface area (Å²) in [4.78, 5) is 27.6. The smallest absolute Gasteiger partial charge is 0.292 e. The molecule has 0 radical (unpaired) electrons. The Morgan fingerprint density at radius 3 is 2.71 bits per heavy atom. The molecule has 1 amide bonds. The van der Waals surface area contributed by atoms with Crippen LogP contribution in [0, 0.1) is 13.8 Å². The minimum absolute atomic E-state index is 0.169. The standard InChI is InChI=1S/C31H33N7O3/c1-5-40-16-15-38(24-9-7-6-8-10-24)30-25-17-22(28-20(2)35-41-21(28)3)11-12-26(25)33-29(34-30)31(39)37-14-13-27-23(19-37)18-32-36(27)4/h6-12,17-18H,5,13-16,19H2,1-4H3. The Labute approximate surface area is 238 Å².